The van der Waals surface area contributed by atoms with Crippen LogP contribution in [0.25, 0.3) is 22.6 Å². The van der Waals surface area contributed by atoms with Crippen LogP contribution >= 0.6 is 23.2 Å². The predicted molar refractivity (Wildman–Crippen MR) is 166 cm³/mol. The van der Waals surface area contributed by atoms with E-state index in [4.69, 9.17) is 27.6 Å². The molecule has 2 aliphatic carbocycles. The molecule has 2 saturated heterocycles. The number of anilines is 1. The van der Waals surface area contributed by atoms with Crippen LogP contribution in [0.5, 0.6) is 5.75 Å². The number of alkyl halides is 2. The number of carbonyl (C=O) groups is 4. The molecule has 0 spiro atoms. The first kappa shape index (κ1) is 28.0. The average molecular weight is 642 g/mol. The van der Waals surface area contributed by atoms with Crippen molar-refractivity contribution in [2.75, 3.05) is 11.9 Å². The fourth-order valence-corrected chi connectivity index (χ4v) is 8.81. The van der Waals surface area contributed by atoms with Gasteiger partial charge in [-0.25, -0.2) is 4.98 Å². The molecule has 1 saturated carbocycles. The number of hydrogen-bond donors (Lipinski definition) is 1. The second-order valence-corrected chi connectivity index (χ2v) is 13.4. The Kier molecular flexibility index (Phi) is 5.93. The summed E-state index contributed by atoms with van der Waals surface area (Å²) in [5, 5.41) is 9.97. The number of rotatable bonds is 3. The zero-order valence-electron chi connectivity index (χ0n) is 23.8. The van der Waals surface area contributed by atoms with Gasteiger partial charge in [0.15, 0.2) is 15.3 Å². The Balaban J connectivity index is 1.17. The molecule has 9 nitrogen and oxygen atoms in total. The maximum absolute atomic E-state index is 14.2. The highest BCUT2D eigenvalue weighted by atomic mass is 35.5. The highest BCUT2D eigenvalue weighted by Gasteiger charge is 2.75. The van der Waals surface area contributed by atoms with Crippen molar-refractivity contribution in [3.8, 4) is 17.2 Å². The molecule has 11 heteroatoms. The van der Waals surface area contributed by atoms with Gasteiger partial charge in [-0.05, 0) is 72.9 Å². The third-order valence-corrected chi connectivity index (χ3v) is 11.3. The van der Waals surface area contributed by atoms with Crippen molar-refractivity contribution in [3.05, 3.63) is 90.0 Å². The minimum atomic E-state index is -1.86. The van der Waals surface area contributed by atoms with Crippen LogP contribution in [0.4, 0.5) is 5.69 Å². The number of fused-ring (bicyclic) bond motifs is 5. The molecule has 1 aromatic heterocycles. The third kappa shape index (κ3) is 3.65. The first-order valence-electron chi connectivity index (χ1n) is 14.6. The highest BCUT2D eigenvalue weighted by Crippen LogP contribution is 2.65. The monoisotopic (exact) mass is 641 g/mol. The Morgan fingerprint density at radius 3 is 2.31 bits per heavy atom. The number of nitrogens with zero attached hydrogens (tertiary/aromatic N) is 3. The van der Waals surface area contributed by atoms with E-state index in [-0.39, 0.29) is 24.5 Å². The lowest BCUT2D eigenvalue weighted by molar-refractivity contribution is -0.138. The Morgan fingerprint density at radius 2 is 1.60 bits per heavy atom. The minimum absolute atomic E-state index is 0.0184. The largest absolute Gasteiger partial charge is 0.508 e. The number of imide groups is 2. The zero-order chi connectivity index (χ0) is 31.4. The van der Waals surface area contributed by atoms with E-state index in [1.165, 1.54) is 24.1 Å². The van der Waals surface area contributed by atoms with Crippen LogP contribution in [0.1, 0.15) is 24.3 Å². The molecule has 6 atom stereocenters. The van der Waals surface area contributed by atoms with Crippen LogP contribution in [-0.2, 0) is 19.2 Å². The van der Waals surface area contributed by atoms with Crippen LogP contribution in [0, 0.1) is 17.8 Å². The van der Waals surface area contributed by atoms with E-state index in [1.807, 2.05) is 30.3 Å². The van der Waals surface area contributed by atoms with Crippen molar-refractivity contribution in [1.82, 2.24) is 9.88 Å². The van der Waals surface area contributed by atoms with Crippen LogP contribution in [0.3, 0.4) is 0 Å². The predicted octanol–water partition coefficient (Wildman–Crippen LogP) is 5.39. The maximum Gasteiger partial charge on any atom is 0.253 e. The number of allylic oxidation sites excluding steroid dienone is 2. The first-order valence-corrected chi connectivity index (χ1v) is 15.3. The van der Waals surface area contributed by atoms with E-state index in [2.05, 4.69) is 4.98 Å². The summed E-state index contributed by atoms with van der Waals surface area (Å²) in [6.07, 6.45) is 2.05. The van der Waals surface area contributed by atoms with Crippen LogP contribution < -0.4 is 4.90 Å². The SMILES string of the molecule is CN1C(=O)C2(Cl)CC3C(=CCC4C(=O)N(c5ccc(-c6nc7ccccc7o6)cc5)C(=O)C43)C(c3ccc(O)cc3)C2(Cl)C1=O. The lowest BCUT2D eigenvalue weighted by Crippen LogP contribution is -2.60. The molecule has 1 N–H and O–H groups in total. The number of halogens is 2. The number of aromatic hydroxyl groups is 1. The summed E-state index contributed by atoms with van der Waals surface area (Å²) in [5.41, 5.74) is 3.74. The molecule has 2 aliphatic heterocycles. The third-order valence-electron chi connectivity index (χ3n) is 9.91. The lowest BCUT2D eigenvalue weighted by atomic mass is 9.56. The number of oxazole rings is 1. The first-order chi connectivity index (χ1) is 21.5. The van der Waals surface area contributed by atoms with Crippen molar-refractivity contribution in [3.63, 3.8) is 0 Å². The van der Waals surface area contributed by atoms with Gasteiger partial charge in [-0.2, -0.15) is 0 Å². The Hall–Kier alpha value is -4.47. The molecular formula is C34H25Cl2N3O6. The molecule has 3 aromatic carbocycles. The molecule has 4 aliphatic rings. The molecule has 4 amide bonds. The Morgan fingerprint density at radius 1 is 0.889 bits per heavy atom. The normalized spacial score (nSPS) is 30.9. The van der Waals surface area contributed by atoms with E-state index in [0.29, 0.717) is 33.9 Å². The van der Waals surface area contributed by atoms with Gasteiger partial charge in [0.05, 0.1) is 17.5 Å². The van der Waals surface area contributed by atoms with Gasteiger partial charge < -0.3 is 9.52 Å². The van der Waals surface area contributed by atoms with Crippen molar-refractivity contribution in [1.29, 1.82) is 0 Å². The number of phenolic OH excluding ortho intramolecular Hbond substituents is 1. The number of benzene rings is 3. The van der Waals surface area contributed by atoms with Gasteiger partial charge in [0.25, 0.3) is 11.8 Å². The number of carbonyl (C=O) groups excluding carboxylic acids is 4. The minimum Gasteiger partial charge on any atom is -0.508 e. The summed E-state index contributed by atoms with van der Waals surface area (Å²) in [7, 11) is 1.35. The van der Waals surface area contributed by atoms with Crippen molar-refractivity contribution >= 4 is 63.6 Å². The molecule has 3 heterocycles. The molecule has 4 aromatic rings. The molecular weight excluding hydrogens is 617 g/mol. The number of aromatic nitrogens is 1. The van der Waals surface area contributed by atoms with Crippen molar-refractivity contribution in [2.24, 2.45) is 17.8 Å². The molecule has 45 heavy (non-hydrogen) atoms. The topological polar surface area (TPSA) is 121 Å². The number of amides is 4. The van der Waals surface area contributed by atoms with Crippen LogP contribution in [0.15, 0.2) is 88.9 Å². The summed E-state index contributed by atoms with van der Waals surface area (Å²) in [4.78, 5) is 58.2. The second-order valence-electron chi connectivity index (χ2n) is 12.1. The summed E-state index contributed by atoms with van der Waals surface area (Å²) < 4.78 is 5.87. The summed E-state index contributed by atoms with van der Waals surface area (Å²) in [6.45, 7) is 0. The molecule has 0 radical (unpaired) electrons. The van der Waals surface area contributed by atoms with Gasteiger partial charge in [-0.1, -0.05) is 35.9 Å². The molecule has 3 fully saturated rings. The number of hydrogen-bond acceptors (Lipinski definition) is 7. The summed E-state index contributed by atoms with van der Waals surface area (Å²) in [5.74, 6) is -4.54. The van der Waals surface area contributed by atoms with Gasteiger partial charge in [0.2, 0.25) is 17.7 Å². The van der Waals surface area contributed by atoms with Crippen LogP contribution in [-0.4, -0.2) is 55.4 Å². The van der Waals surface area contributed by atoms with Crippen LogP contribution in [0.2, 0.25) is 0 Å². The molecule has 8 rings (SSSR count). The molecule has 6 unspecified atom stereocenters. The smallest absolute Gasteiger partial charge is 0.253 e. The summed E-state index contributed by atoms with van der Waals surface area (Å²) in [6, 6.07) is 20.5. The molecule has 0 bridgehead atoms. The Bertz CT molecular complexity index is 1960. The molecule has 226 valence electrons. The fraction of sp³-hybridized carbons (Fsp3) is 0.265. The van der Waals surface area contributed by atoms with E-state index < -0.39 is 51.1 Å². The number of likely N-dealkylation sites (tertiary alicyclic amines) is 1. The quantitative estimate of drug-likeness (QED) is 0.181. The van der Waals surface area contributed by atoms with Gasteiger partial charge in [0.1, 0.15) is 11.3 Å². The van der Waals surface area contributed by atoms with E-state index in [9.17, 15) is 24.3 Å². The van der Waals surface area contributed by atoms with Crippen molar-refractivity contribution in [2.45, 2.75) is 28.5 Å². The summed E-state index contributed by atoms with van der Waals surface area (Å²) >= 11 is 14.4. The standard InChI is InChI=1S/C34H25Cl2N3O6/c1-38-31(43)33(35)16-23-21(27(34(33,36)32(38)44)17-8-12-20(40)13-9-17)14-15-22-26(23)30(42)39(29(22)41)19-10-6-18(7-11-19)28-37-24-4-2-3-5-25(24)45-28/h2-14,22-23,26-27,40H,15-16H2,1H3. The maximum atomic E-state index is 14.2. The number of para-hydroxylation sites is 2. The lowest BCUT2D eigenvalue weighted by Gasteiger charge is -2.50. The average Bonchev–Trinajstić information content (AvgIpc) is 3.63. The number of phenols is 1. The highest BCUT2D eigenvalue weighted by molar-refractivity contribution is 6.53. The second kappa shape index (κ2) is 9.52. The van der Waals surface area contributed by atoms with Gasteiger partial charge in [-0.15, -0.1) is 23.2 Å². The Labute approximate surface area is 267 Å². The van der Waals surface area contributed by atoms with E-state index in [1.54, 1.807) is 36.4 Å². The van der Waals surface area contributed by atoms with Gasteiger partial charge in [-0.3, -0.25) is 29.0 Å². The van der Waals surface area contributed by atoms with E-state index in [0.717, 1.165) is 10.4 Å². The van der Waals surface area contributed by atoms with Gasteiger partial charge in [0, 0.05) is 18.5 Å². The fourth-order valence-electron chi connectivity index (χ4n) is 7.79. The zero-order valence-corrected chi connectivity index (χ0v) is 25.3. The van der Waals surface area contributed by atoms with E-state index >= 15 is 0 Å². The van der Waals surface area contributed by atoms with Crippen molar-refractivity contribution < 1.29 is 28.7 Å². The van der Waals surface area contributed by atoms with Gasteiger partial charge >= 0.3 is 0 Å².